The van der Waals surface area contributed by atoms with Crippen molar-refractivity contribution in [3.63, 3.8) is 0 Å². The summed E-state index contributed by atoms with van der Waals surface area (Å²) in [6.07, 6.45) is 3.27. The molecule has 0 aliphatic heterocycles. The minimum atomic E-state index is -0.412. The minimum absolute atomic E-state index is 0.0117. The molecule has 146 valence electrons. The Kier molecular flexibility index (Phi) is 6.53. The number of benzene rings is 3. The Hall–Kier alpha value is -3.73. The Morgan fingerprint density at radius 3 is 2.21 bits per heavy atom. The number of rotatable bonds is 7. The van der Waals surface area contributed by atoms with Gasteiger partial charge in [0, 0.05) is 17.7 Å². The number of nitro benzene ring substituents is 1. The van der Waals surface area contributed by atoms with Crippen molar-refractivity contribution in [2.45, 2.75) is 19.5 Å². The van der Waals surface area contributed by atoms with Gasteiger partial charge in [-0.05, 0) is 24.1 Å². The summed E-state index contributed by atoms with van der Waals surface area (Å²) >= 11 is 0. The molecule has 3 aromatic rings. The predicted molar refractivity (Wildman–Crippen MR) is 114 cm³/mol. The predicted octanol–water partition coefficient (Wildman–Crippen LogP) is 5.40. The molecule has 0 bridgehead atoms. The van der Waals surface area contributed by atoms with Crippen molar-refractivity contribution in [3.8, 4) is 0 Å². The number of hydrogen-bond donors (Lipinski definition) is 0. The van der Waals surface area contributed by atoms with Gasteiger partial charge in [-0.25, -0.2) is 0 Å². The maximum atomic E-state index is 13.1. The van der Waals surface area contributed by atoms with Gasteiger partial charge >= 0.3 is 0 Å². The van der Waals surface area contributed by atoms with Gasteiger partial charge < -0.3 is 4.90 Å². The van der Waals surface area contributed by atoms with Crippen LogP contribution in [0, 0.1) is 10.1 Å². The third kappa shape index (κ3) is 5.17. The molecular formula is C24H22N2O3. The van der Waals surface area contributed by atoms with E-state index < -0.39 is 4.92 Å². The molecule has 3 rings (SSSR count). The van der Waals surface area contributed by atoms with Crippen molar-refractivity contribution >= 4 is 17.7 Å². The fourth-order valence-electron chi connectivity index (χ4n) is 3.15. The first-order valence-corrected chi connectivity index (χ1v) is 9.37. The van der Waals surface area contributed by atoms with Crippen LogP contribution >= 0.6 is 0 Å². The highest BCUT2D eigenvalue weighted by atomic mass is 16.6. The zero-order valence-electron chi connectivity index (χ0n) is 16.1. The molecule has 5 nitrogen and oxygen atoms in total. The lowest BCUT2D eigenvalue weighted by Gasteiger charge is -2.29. The molecule has 1 atom stereocenters. The highest BCUT2D eigenvalue weighted by Gasteiger charge is 2.23. The number of carbonyl (C=O) groups is 1. The monoisotopic (exact) mass is 386 g/mol. The van der Waals surface area contributed by atoms with Crippen LogP contribution in [0.1, 0.15) is 29.7 Å². The van der Waals surface area contributed by atoms with Gasteiger partial charge in [-0.1, -0.05) is 78.9 Å². The van der Waals surface area contributed by atoms with Crippen molar-refractivity contribution in [3.05, 3.63) is 118 Å². The van der Waals surface area contributed by atoms with Crippen LogP contribution in [-0.2, 0) is 11.3 Å². The van der Waals surface area contributed by atoms with E-state index in [0.29, 0.717) is 5.56 Å². The first-order valence-electron chi connectivity index (χ1n) is 9.37. The number of nitrogens with zero attached hydrogens (tertiary/aromatic N) is 2. The molecule has 0 aromatic heterocycles. The maximum Gasteiger partial charge on any atom is 0.274 e. The average molecular weight is 386 g/mol. The van der Waals surface area contributed by atoms with E-state index in [-0.39, 0.29) is 24.2 Å². The van der Waals surface area contributed by atoms with Crippen molar-refractivity contribution in [2.24, 2.45) is 0 Å². The molecule has 5 heteroatoms. The number of nitro groups is 1. The van der Waals surface area contributed by atoms with Gasteiger partial charge in [0.25, 0.3) is 5.69 Å². The molecule has 0 unspecified atom stereocenters. The number of amides is 1. The number of hydrogen-bond acceptors (Lipinski definition) is 3. The molecule has 3 aromatic carbocycles. The lowest BCUT2D eigenvalue weighted by molar-refractivity contribution is -0.385. The minimum Gasteiger partial charge on any atom is -0.328 e. The van der Waals surface area contributed by atoms with E-state index in [1.165, 1.54) is 12.1 Å². The molecule has 0 heterocycles. The Labute approximate surface area is 170 Å². The van der Waals surface area contributed by atoms with Crippen LogP contribution in [0.3, 0.4) is 0 Å². The summed E-state index contributed by atoms with van der Waals surface area (Å²) in [6.45, 7) is 2.07. The van der Waals surface area contributed by atoms with Crippen LogP contribution in [0.15, 0.2) is 91.0 Å². The molecular weight excluding hydrogens is 364 g/mol. The topological polar surface area (TPSA) is 63.4 Å². The Balaban J connectivity index is 1.92. The quantitative estimate of drug-likeness (QED) is 0.310. The first kappa shape index (κ1) is 20.0. The Morgan fingerprint density at radius 2 is 1.55 bits per heavy atom. The highest BCUT2D eigenvalue weighted by molar-refractivity contribution is 5.92. The SMILES string of the molecule is C[C@@H](c1ccccc1)N(Cc1ccccc1[N+](=O)[O-])C(=O)/C=C/c1ccccc1. The van der Waals surface area contributed by atoms with Gasteiger partial charge in [-0.3, -0.25) is 14.9 Å². The van der Waals surface area contributed by atoms with Gasteiger partial charge in [0.15, 0.2) is 0 Å². The Morgan fingerprint density at radius 1 is 0.966 bits per heavy atom. The fourth-order valence-corrected chi connectivity index (χ4v) is 3.15. The van der Waals surface area contributed by atoms with Crippen LogP contribution in [0.5, 0.6) is 0 Å². The van der Waals surface area contributed by atoms with E-state index in [9.17, 15) is 14.9 Å². The van der Waals surface area contributed by atoms with E-state index in [2.05, 4.69) is 0 Å². The van der Waals surface area contributed by atoms with E-state index in [4.69, 9.17) is 0 Å². The largest absolute Gasteiger partial charge is 0.328 e. The van der Waals surface area contributed by atoms with Gasteiger partial charge in [-0.15, -0.1) is 0 Å². The summed E-state index contributed by atoms with van der Waals surface area (Å²) in [5.74, 6) is -0.205. The van der Waals surface area contributed by atoms with E-state index >= 15 is 0 Å². The van der Waals surface area contributed by atoms with Gasteiger partial charge in [0.05, 0.1) is 17.5 Å². The van der Waals surface area contributed by atoms with Crippen LogP contribution in [0.4, 0.5) is 5.69 Å². The summed E-state index contributed by atoms with van der Waals surface area (Å²) in [5.41, 5.74) is 2.39. The first-order chi connectivity index (χ1) is 14.1. The third-order valence-electron chi connectivity index (χ3n) is 4.78. The molecule has 0 aliphatic rings. The molecule has 0 radical (unpaired) electrons. The summed E-state index contributed by atoms with van der Waals surface area (Å²) < 4.78 is 0. The van der Waals surface area contributed by atoms with Crippen molar-refractivity contribution in [1.82, 2.24) is 4.90 Å². The second kappa shape index (κ2) is 9.46. The third-order valence-corrected chi connectivity index (χ3v) is 4.78. The molecule has 1 amide bonds. The fraction of sp³-hybridized carbons (Fsp3) is 0.125. The van der Waals surface area contributed by atoms with Crippen molar-refractivity contribution < 1.29 is 9.72 Å². The normalized spacial score (nSPS) is 11.9. The van der Waals surface area contributed by atoms with Crippen LogP contribution in [0.25, 0.3) is 6.08 Å². The molecule has 0 N–H and O–H groups in total. The Bertz CT molecular complexity index is 1000. The summed E-state index contributed by atoms with van der Waals surface area (Å²) in [4.78, 5) is 25.7. The average Bonchev–Trinajstić information content (AvgIpc) is 2.77. The molecule has 0 saturated carbocycles. The van der Waals surface area contributed by atoms with E-state index in [1.54, 1.807) is 29.2 Å². The molecule has 0 fully saturated rings. The van der Waals surface area contributed by atoms with E-state index in [0.717, 1.165) is 11.1 Å². The smallest absolute Gasteiger partial charge is 0.274 e. The van der Waals surface area contributed by atoms with Gasteiger partial charge in [0.1, 0.15) is 0 Å². The zero-order chi connectivity index (χ0) is 20.6. The zero-order valence-corrected chi connectivity index (χ0v) is 16.1. The van der Waals surface area contributed by atoms with Crippen LogP contribution < -0.4 is 0 Å². The van der Waals surface area contributed by atoms with E-state index in [1.807, 2.05) is 67.6 Å². The number of carbonyl (C=O) groups excluding carboxylic acids is 1. The summed E-state index contributed by atoms with van der Waals surface area (Å²) in [7, 11) is 0. The second-order valence-electron chi connectivity index (χ2n) is 6.68. The van der Waals surface area contributed by atoms with Crippen molar-refractivity contribution in [2.75, 3.05) is 0 Å². The van der Waals surface area contributed by atoms with Gasteiger partial charge in [-0.2, -0.15) is 0 Å². The molecule has 0 spiro atoms. The van der Waals surface area contributed by atoms with Crippen LogP contribution in [0.2, 0.25) is 0 Å². The lowest BCUT2D eigenvalue weighted by atomic mass is 10.0. The molecule has 29 heavy (non-hydrogen) atoms. The van der Waals surface area contributed by atoms with Crippen LogP contribution in [-0.4, -0.2) is 15.7 Å². The standard InChI is InChI=1S/C24H22N2O3/c1-19(21-12-6-3-7-13-21)25(18-22-14-8-9-15-23(22)26(28)29)24(27)17-16-20-10-4-2-5-11-20/h2-17,19H,18H2,1H3/b17-16+/t19-/m0/s1. The highest BCUT2D eigenvalue weighted by Crippen LogP contribution is 2.26. The van der Waals surface area contributed by atoms with Crippen molar-refractivity contribution in [1.29, 1.82) is 0 Å². The van der Waals surface area contributed by atoms with Gasteiger partial charge in [0.2, 0.25) is 5.91 Å². The molecule has 0 aliphatic carbocycles. The number of para-hydroxylation sites is 1. The summed E-state index contributed by atoms with van der Waals surface area (Å²) in [5, 5.41) is 11.4. The maximum absolute atomic E-state index is 13.1. The summed E-state index contributed by atoms with van der Waals surface area (Å²) in [6, 6.07) is 25.5. The molecule has 0 saturated heterocycles. The second-order valence-corrected chi connectivity index (χ2v) is 6.68. The lowest BCUT2D eigenvalue weighted by Crippen LogP contribution is -2.32.